The van der Waals surface area contributed by atoms with Gasteiger partial charge >= 0.3 is 0 Å². The molecule has 1 fully saturated rings. The van der Waals surface area contributed by atoms with Crippen molar-refractivity contribution in [1.29, 1.82) is 5.26 Å². The fourth-order valence-electron chi connectivity index (χ4n) is 1.52. The summed E-state index contributed by atoms with van der Waals surface area (Å²) < 4.78 is 0. The van der Waals surface area contributed by atoms with E-state index in [4.69, 9.17) is 5.26 Å². The molecule has 0 amide bonds. The Morgan fingerprint density at radius 1 is 1.50 bits per heavy atom. The van der Waals surface area contributed by atoms with E-state index in [2.05, 4.69) is 11.1 Å². The summed E-state index contributed by atoms with van der Waals surface area (Å²) in [5.41, 5.74) is 1.76. The van der Waals surface area contributed by atoms with Crippen LogP contribution in [0.3, 0.4) is 0 Å². The zero-order valence-electron chi connectivity index (χ0n) is 6.83. The fraction of sp³-hybridized carbons (Fsp3) is 0.400. The van der Waals surface area contributed by atoms with Crippen LogP contribution >= 0.6 is 0 Å². The van der Waals surface area contributed by atoms with E-state index in [1.54, 1.807) is 6.20 Å². The number of hydrogen-bond donors (Lipinski definition) is 0. The van der Waals surface area contributed by atoms with Gasteiger partial charge in [0.05, 0.1) is 11.3 Å². The van der Waals surface area contributed by atoms with E-state index in [9.17, 15) is 0 Å². The molecular weight excluding hydrogens is 148 g/mol. The van der Waals surface area contributed by atoms with Gasteiger partial charge in [-0.1, -0.05) is 6.42 Å². The molecule has 0 aromatic carbocycles. The zero-order chi connectivity index (χ0) is 8.39. The fourth-order valence-corrected chi connectivity index (χ4v) is 1.52. The highest BCUT2D eigenvalue weighted by Crippen LogP contribution is 2.36. The van der Waals surface area contributed by atoms with Crippen molar-refractivity contribution in [2.75, 3.05) is 0 Å². The minimum absolute atomic E-state index is 0.556. The van der Waals surface area contributed by atoms with E-state index in [1.807, 2.05) is 12.1 Å². The number of nitrogens with zero attached hydrogens (tertiary/aromatic N) is 2. The lowest BCUT2D eigenvalue weighted by Crippen LogP contribution is -2.11. The summed E-state index contributed by atoms with van der Waals surface area (Å²) in [6.07, 6.45) is 5.46. The lowest BCUT2D eigenvalue weighted by molar-refractivity contribution is 0.410. The topological polar surface area (TPSA) is 36.7 Å². The third kappa shape index (κ3) is 1.08. The molecule has 1 aromatic heterocycles. The first-order valence-corrected chi connectivity index (χ1v) is 4.27. The zero-order valence-corrected chi connectivity index (χ0v) is 6.83. The van der Waals surface area contributed by atoms with Gasteiger partial charge in [0.1, 0.15) is 6.07 Å². The molecule has 2 heteroatoms. The second-order valence-corrected chi connectivity index (χ2v) is 3.18. The largest absolute Gasteiger partial charge is 0.260 e. The molecule has 0 spiro atoms. The summed E-state index contributed by atoms with van der Waals surface area (Å²) in [6, 6.07) is 5.85. The van der Waals surface area contributed by atoms with Crippen LogP contribution in [0, 0.1) is 11.3 Å². The van der Waals surface area contributed by atoms with Gasteiger partial charge in [-0.3, -0.25) is 4.98 Å². The van der Waals surface area contributed by atoms with Crippen molar-refractivity contribution in [2.24, 2.45) is 0 Å². The number of aromatic nitrogens is 1. The Kier molecular flexibility index (Phi) is 1.79. The Morgan fingerprint density at radius 2 is 2.33 bits per heavy atom. The summed E-state index contributed by atoms with van der Waals surface area (Å²) in [5, 5.41) is 8.80. The summed E-state index contributed by atoms with van der Waals surface area (Å²) in [5.74, 6) is 0.556. The van der Waals surface area contributed by atoms with Crippen molar-refractivity contribution in [3.8, 4) is 6.07 Å². The van der Waals surface area contributed by atoms with Gasteiger partial charge in [0.15, 0.2) is 0 Å². The van der Waals surface area contributed by atoms with Crippen LogP contribution in [0.5, 0.6) is 0 Å². The van der Waals surface area contributed by atoms with Crippen molar-refractivity contribution in [1.82, 2.24) is 4.98 Å². The highest BCUT2D eigenvalue weighted by atomic mass is 14.7. The molecule has 1 heterocycles. The molecule has 0 N–H and O–H groups in total. The van der Waals surface area contributed by atoms with Crippen LogP contribution in [0.1, 0.15) is 36.4 Å². The first-order chi connectivity index (χ1) is 5.92. The molecule has 0 saturated heterocycles. The highest BCUT2D eigenvalue weighted by molar-refractivity contribution is 5.35. The van der Waals surface area contributed by atoms with Gasteiger partial charge in [0.25, 0.3) is 0 Å². The molecule has 0 unspecified atom stereocenters. The molecule has 1 aliphatic rings. The normalized spacial score (nSPS) is 16.6. The molecule has 0 radical (unpaired) electrons. The van der Waals surface area contributed by atoms with Gasteiger partial charge in [-0.2, -0.15) is 5.26 Å². The number of hydrogen-bond acceptors (Lipinski definition) is 2. The maximum absolute atomic E-state index is 8.80. The Balaban J connectivity index is 2.35. The van der Waals surface area contributed by atoms with Gasteiger partial charge in [-0.05, 0) is 25.0 Å². The van der Waals surface area contributed by atoms with Crippen LogP contribution in [0.2, 0.25) is 0 Å². The average molecular weight is 158 g/mol. The van der Waals surface area contributed by atoms with Crippen molar-refractivity contribution in [3.05, 3.63) is 29.6 Å². The average Bonchev–Trinajstić information content (AvgIpc) is 2.02. The second-order valence-electron chi connectivity index (χ2n) is 3.18. The molecular formula is C10H10N2. The highest BCUT2D eigenvalue weighted by Gasteiger charge is 2.22. The molecule has 60 valence electrons. The van der Waals surface area contributed by atoms with Crippen LogP contribution in [-0.2, 0) is 0 Å². The molecule has 1 aromatic rings. The summed E-state index contributed by atoms with van der Waals surface area (Å²) >= 11 is 0. The minimum Gasteiger partial charge on any atom is -0.260 e. The maximum Gasteiger partial charge on any atom is 0.101 e. The van der Waals surface area contributed by atoms with Gasteiger partial charge in [-0.25, -0.2) is 0 Å². The molecule has 2 nitrogen and oxygen atoms in total. The SMILES string of the molecule is N#Cc1cccnc1C1CCC1. The predicted octanol–water partition coefficient (Wildman–Crippen LogP) is 2.22. The summed E-state index contributed by atoms with van der Waals surface area (Å²) in [6.45, 7) is 0. The van der Waals surface area contributed by atoms with E-state index in [0.717, 1.165) is 11.3 Å². The Bertz CT molecular complexity index is 321. The van der Waals surface area contributed by atoms with E-state index >= 15 is 0 Å². The van der Waals surface area contributed by atoms with Crippen molar-refractivity contribution in [3.63, 3.8) is 0 Å². The van der Waals surface area contributed by atoms with E-state index < -0.39 is 0 Å². The first-order valence-electron chi connectivity index (χ1n) is 4.27. The van der Waals surface area contributed by atoms with E-state index in [-0.39, 0.29) is 0 Å². The third-order valence-corrected chi connectivity index (χ3v) is 2.45. The number of rotatable bonds is 1. The Hall–Kier alpha value is -1.36. The van der Waals surface area contributed by atoms with Gasteiger partial charge in [0.2, 0.25) is 0 Å². The molecule has 0 bridgehead atoms. The van der Waals surface area contributed by atoms with Crippen LogP contribution in [0.25, 0.3) is 0 Å². The van der Waals surface area contributed by atoms with Crippen molar-refractivity contribution >= 4 is 0 Å². The minimum atomic E-state index is 0.556. The maximum atomic E-state index is 8.80. The van der Waals surface area contributed by atoms with Crippen LogP contribution in [0.4, 0.5) is 0 Å². The van der Waals surface area contributed by atoms with E-state index in [0.29, 0.717) is 5.92 Å². The van der Waals surface area contributed by atoms with Crippen LogP contribution in [-0.4, -0.2) is 4.98 Å². The Labute approximate surface area is 71.9 Å². The summed E-state index contributed by atoms with van der Waals surface area (Å²) in [7, 11) is 0. The summed E-state index contributed by atoms with van der Waals surface area (Å²) in [4.78, 5) is 4.25. The lowest BCUT2D eigenvalue weighted by atomic mass is 9.81. The van der Waals surface area contributed by atoms with Crippen LogP contribution in [0.15, 0.2) is 18.3 Å². The van der Waals surface area contributed by atoms with E-state index in [1.165, 1.54) is 19.3 Å². The molecule has 12 heavy (non-hydrogen) atoms. The van der Waals surface area contributed by atoms with Gasteiger partial charge in [0, 0.05) is 12.1 Å². The standard InChI is InChI=1S/C10H10N2/c11-7-9-5-2-6-12-10(9)8-3-1-4-8/h2,5-6,8H,1,3-4H2. The molecule has 0 atom stereocenters. The van der Waals surface area contributed by atoms with Gasteiger partial charge < -0.3 is 0 Å². The quantitative estimate of drug-likeness (QED) is 0.628. The third-order valence-electron chi connectivity index (χ3n) is 2.45. The van der Waals surface area contributed by atoms with Crippen molar-refractivity contribution < 1.29 is 0 Å². The van der Waals surface area contributed by atoms with Crippen LogP contribution < -0.4 is 0 Å². The molecule has 0 aliphatic heterocycles. The smallest absolute Gasteiger partial charge is 0.101 e. The number of nitriles is 1. The molecule has 1 saturated carbocycles. The second kappa shape index (κ2) is 2.94. The lowest BCUT2D eigenvalue weighted by Gasteiger charge is -2.25. The Morgan fingerprint density at radius 3 is 2.92 bits per heavy atom. The first kappa shape index (κ1) is 7.30. The number of pyridine rings is 1. The predicted molar refractivity (Wildman–Crippen MR) is 45.5 cm³/mol. The van der Waals surface area contributed by atoms with Crippen molar-refractivity contribution in [2.45, 2.75) is 25.2 Å². The monoisotopic (exact) mass is 158 g/mol. The van der Waals surface area contributed by atoms with Gasteiger partial charge in [-0.15, -0.1) is 0 Å². The molecule has 1 aliphatic carbocycles. The molecule has 2 rings (SSSR count).